The molecule has 0 aliphatic heterocycles. The Balaban J connectivity index is 1.47. The van der Waals surface area contributed by atoms with E-state index < -0.39 is 17.5 Å². The minimum Gasteiger partial charge on any atom is -0.459 e. The molecule has 4 aromatic rings. The monoisotopic (exact) mass is 576 g/mol. The standard InChI is InChI=1S/C35H36N4O4/c1-23-5-9-25(10-6-23)26-13-15-28(16-14-26)33(41)38-32(37)27-11-7-24(8-12-27)21-39(22-31(40)43-35(2,3)4)34(42)29-17-19-30(36)20-18-29/h5-20H,21-22,36H2,1-4H3,(H2,37,38,41). The van der Waals surface area contributed by atoms with Gasteiger partial charge in [0.05, 0.1) is 0 Å². The Kier molecular flexibility index (Phi) is 9.40. The number of nitrogen functional groups attached to an aromatic ring is 1. The van der Waals surface area contributed by atoms with Gasteiger partial charge in [-0.1, -0.05) is 66.2 Å². The van der Waals surface area contributed by atoms with Gasteiger partial charge in [0.25, 0.3) is 11.8 Å². The zero-order valence-corrected chi connectivity index (χ0v) is 24.8. The maximum atomic E-state index is 13.3. The van der Waals surface area contributed by atoms with Crippen molar-refractivity contribution >= 4 is 29.3 Å². The van der Waals surface area contributed by atoms with Gasteiger partial charge in [-0.05, 0) is 80.8 Å². The SMILES string of the molecule is Cc1ccc(-c2ccc(C(=O)N=C(N)c3ccc(CN(CC(=O)OC(C)(C)C)C(=O)c4ccc(N)cc4)cc3)cc2)cc1. The molecule has 43 heavy (non-hydrogen) atoms. The first-order valence-corrected chi connectivity index (χ1v) is 13.9. The number of aryl methyl sites for hydroxylation is 1. The zero-order valence-electron chi connectivity index (χ0n) is 24.8. The second-order valence-corrected chi connectivity index (χ2v) is 11.3. The molecule has 0 bridgehead atoms. The van der Waals surface area contributed by atoms with E-state index in [2.05, 4.69) is 4.99 Å². The van der Waals surface area contributed by atoms with Gasteiger partial charge in [0, 0.05) is 28.9 Å². The van der Waals surface area contributed by atoms with Crippen LogP contribution in [0.5, 0.6) is 0 Å². The number of esters is 1. The number of nitrogens with zero attached hydrogens (tertiary/aromatic N) is 2. The molecule has 0 radical (unpaired) electrons. The first-order valence-electron chi connectivity index (χ1n) is 13.9. The average Bonchev–Trinajstić information content (AvgIpc) is 2.96. The van der Waals surface area contributed by atoms with Crippen LogP contribution in [0.4, 0.5) is 5.69 Å². The molecule has 0 aliphatic rings. The van der Waals surface area contributed by atoms with Gasteiger partial charge in [-0.3, -0.25) is 14.4 Å². The zero-order chi connectivity index (χ0) is 31.1. The van der Waals surface area contributed by atoms with Gasteiger partial charge in [0.2, 0.25) is 0 Å². The molecule has 220 valence electrons. The number of ether oxygens (including phenoxy) is 1. The summed E-state index contributed by atoms with van der Waals surface area (Å²) in [7, 11) is 0. The third kappa shape index (κ3) is 8.63. The summed E-state index contributed by atoms with van der Waals surface area (Å²) in [5.74, 6) is -1.23. The highest BCUT2D eigenvalue weighted by atomic mass is 16.6. The lowest BCUT2D eigenvalue weighted by Crippen LogP contribution is -2.38. The van der Waals surface area contributed by atoms with E-state index in [4.69, 9.17) is 16.2 Å². The lowest BCUT2D eigenvalue weighted by Gasteiger charge is -2.25. The number of amides is 2. The summed E-state index contributed by atoms with van der Waals surface area (Å²) >= 11 is 0. The topological polar surface area (TPSA) is 128 Å². The molecule has 4 aromatic carbocycles. The van der Waals surface area contributed by atoms with Gasteiger partial charge in [-0.15, -0.1) is 0 Å². The second kappa shape index (κ2) is 13.2. The first-order chi connectivity index (χ1) is 20.4. The van der Waals surface area contributed by atoms with Crippen molar-refractivity contribution in [3.63, 3.8) is 0 Å². The number of carbonyl (C=O) groups is 3. The Labute approximate surface area is 252 Å². The van der Waals surface area contributed by atoms with Gasteiger partial charge >= 0.3 is 5.97 Å². The molecule has 0 spiro atoms. The highest BCUT2D eigenvalue weighted by Crippen LogP contribution is 2.21. The lowest BCUT2D eigenvalue weighted by atomic mass is 10.0. The van der Waals surface area contributed by atoms with E-state index in [1.54, 1.807) is 81.4 Å². The molecule has 4 N–H and O–H groups in total. The summed E-state index contributed by atoms with van der Waals surface area (Å²) in [5, 5.41) is 0. The third-order valence-electron chi connectivity index (χ3n) is 6.55. The fourth-order valence-corrected chi connectivity index (χ4v) is 4.33. The van der Waals surface area contributed by atoms with E-state index in [0.717, 1.165) is 16.7 Å². The van der Waals surface area contributed by atoms with Crippen molar-refractivity contribution in [2.75, 3.05) is 12.3 Å². The number of carbonyl (C=O) groups excluding carboxylic acids is 3. The molecular weight excluding hydrogens is 540 g/mol. The van der Waals surface area contributed by atoms with Gasteiger partial charge in [-0.25, -0.2) is 0 Å². The van der Waals surface area contributed by atoms with Crippen molar-refractivity contribution in [2.24, 2.45) is 10.7 Å². The van der Waals surface area contributed by atoms with Crippen LogP contribution < -0.4 is 11.5 Å². The third-order valence-corrected chi connectivity index (χ3v) is 6.55. The van der Waals surface area contributed by atoms with Crippen LogP contribution in [0.1, 0.15) is 58.2 Å². The largest absolute Gasteiger partial charge is 0.459 e. The van der Waals surface area contributed by atoms with Crippen molar-refractivity contribution in [1.29, 1.82) is 0 Å². The number of amidine groups is 1. The predicted molar refractivity (Wildman–Crippen MR) is 170 cm³/mol. The Morgan fingerprint density at radius 2 is 1.26 bits per heavy atom. The molecule has 0 atom stereocenters. The highest BCUT2D eigenvalue weighted by molar-refractivity contribution is 6.08. The van der Waals surface area contributed by atoms with Crippen molar-refractivity contribution in [3.05, 3.63) is 125 Å². The molecule has 0 heterocycles. The van der Waals surface area contributed by atoms with E-state index in [1.165, 1.54) is 10.5 Å². The van der Waals surface area contributed by atoms with Crippen LogP contribution in [0.2, 0.25) is 0 Å². The number of rotatable bonds is 8. The van der Waals surface area contributed by atoms with E-state index in [1.807, 2.05) is 43.3 Å². The quantitative estimate of drug-likeness (QED) is 0.119. The molecule has 0 saturated carbocycles. The van der Waals surface area contributed by atoms with Crippen molar-refractivity contribution in [3.8, 4) is 11.1 Å². The lowest BCUT2D eigenvalue weighted by molar-refractivity contribution is -0.155. The fourth-order valence-electron chi connectivity index (χ4n) is 4.33. The van der Waals surface area contributed by atoms with Crippen molar-refractivity contribution in [2.45, 2.75) is 39.8 Å². The average molecular weight is 577 g/mol. The summed E-state index contributed by atoms with van der Waals surface area (Å²) in [6.45, 7) is 7.26. The second-order valence-electron chi connectivity index (χ2n) is 11.3. The summed E-state index contributed by atoms with van der Waals surface area (Å²) in [4.78, 5) is 44.2. The Hall–Kier alpha value is -5.24. The van der Waals surface area contributed by atoms with Gasteiger partial charge in [-0.2, -0.15) is 4.99 Å². The van der Waals surface area contributed by atoms with Crippen LogP contribution in [0.25, 0.3) is 11.1 Å². The van der Waals surface area contributed by atoms with Crippen LogP contribution >= 0.6 is 0 Å². The molecule has 0 aliphatic carbocycles. The van der Waals surface area contributed by atoms with Crippen LogP contribution in [0, 0.1) is 6.92 Å². The summed E-state index contributed by atoms with van der Waals surface area (Å²) in [6, 6.07) is 28.9. The Bertz CT molecular complexity index is 1620. The summed E-state index contributed by atoms with van der Waals surface area (Å²) in [5.41, 5.74) is 17.2. The van der Waals surface area contributed by atoms with Crippen LogP contribution in [0.3, 0.4) is 0 Å². The number of nitrogens with two attached hydrogens (primary N) is 2. The van der Waals surface area contributed by atoms with Crippen LogP contribution in [0.15, 0.2) is 102 Å². The minimum atomic E-state index is -0.688. The van der Waals surface area contributed by atoms with E-state index in [9.17, 15) is 14.4 Å². The Morgan fingerprint density at radius 1 is 0.744 bits per heavy atom. The van der Waals surface area contributed by atoms with E-state index in [-0.39, 0.29) is 24.8 Å². The minimum absolute atomic E-state index is 0.0720. The number of anilines is 1. The molecule has 4 rings (SSSR count). The molecule has 0 saturated heterocycles. The van der Waals surface area contributed by atoms with Crippen LogP contribution in [-0.4, -0.2) is 40.7 Å². The summed E-state index contributed by atoms with van der Waals surface area (Å²) in [6.07, 6.45) is 0. The Morgan fingerprint density at radius 3 is 1.81 bits per heavy atom. The smallest absolute Gasteiger partial charge is 0.326 e. The normalized spacial score (nSPS) is 11.6. The number of hydrogen-bond donors (Lipinski definition) is 2. The molecule has 2 amide bonds. The van der Waals surface area contributed by atoms with Crippen molar-refractivity contribution in [1.82, 2.24) is 4.90 Å². The van der Waals surface area contributed by atoms with E-state index >= 15 is 0 Å². The van der Waals surface area contributed by atoms with Gasteiger partial charge in [0.15, 0.2) is 0 Å². The highest BCUT2D eigenvalue weighted by Gasteiger charge is 2.23. The molecule has 0 unspecified atom stereocenters. The number of aliphatic imine (C=N–C) groups is 1. The van der Waals surface area contributed by atoms with Crippen molar-refractivity contribution < 1.29 is 19.1 Å². The molecule has 0 fully saturated rings. The van der Waals surface area contributed by atoms with Crippen LogP contribution in [-0.2, 0) is 16.1 Å². The maximum absolute atomic E-state index is 13.3. The molecular formula is C35H36N4O4. The molecule has 8 nitrogen and oxygen atoms in total. The fraction of sp³-hybridized carbons (Fsp3) is 0.200. The van der Waals surface area contributed by atoms with Gasteiger partial charge < -0.3 is 21.1 Å². The number of benzene rings is 4. The van der Waals surface area contributed by atoms with E-state index in [0.29, 0.717) is 22.4 Å². The number of hydrogen-bond acceptors (Lipinski definition) is 5. The predicted octanol–water partition coefficient (Wildman–Crippen LogP) is 5.77. The molecule has 0 aromatic heterocycles. The molecule has 8 heteroatoms. The maximum Gasteiger partial charge on any atom is 0.326 e. The van der Waals surface area contributed by atoms with Gasteiger partial charge in [0.1, 0.15) is 18.0 Å². The first kappa shape index (κ1) is 30.7. The summed E-state index contributed by atoms with van der Waals surface area (Å²) < 4.78 is 5.45.